The molecule has 2 nitrogen and oxygen atoms in total. The highest BCUT2D eigenvalue weighted by Gasteiger charge is 2.32. The van der Waals surface area contributed by atoms with Gasteiger partial charge in [0.25, 0.3) is 0 Å². The molecule has 1 unspecified atom stereocenters. The van der Waals surface area contributed by atoms with Crippen LogP contribution in [0.1, 0.15) is 38.7 Å². The second kappa shape index (κ2) is 5.65. The summed E-state index contributed by atoms with van der Waals surface area (Å²) in [5.41, 5.74) is 7.33. The van der Waals surface area contributed by atoms with Crippen LogP contribution in [0.2, 0.25) is 0 Å². The highest BCUT2D eigenvalue weighted by molar-refractivity contribution is 5.15. The van der Waals surface area contributed by atoms with Crippen LogP contribution in [0.5, 0.6) is 0 Å². The van der Waals surface area contributed by atoms with Gasteiger partial charge in [0.15, 0.2) is 0 Å². The first-order valence-corrected chi connectivity index (χ1v) is 6.76. The SMILES string of the molecule is CCC(C)N(Cc1ccccc1)C1CC(N)C1. The molecular formula is C15H24N2. The van der Waals surface area contributed by atoms with E-state index in [2.05, 4.69) is 49.1 Å². The van der Waals surface area contributed by atoms with Gasteiger partial charge in [-0.3, -0.25) is 4.90 Å². The molecule has 0 bridgehead atoms. The summed E-state index contributed by atoms with van der Waals surface area (Å²) in [6, 6.07) is 12.5. The lowest BCUT2D eigenvalue weighted by Crippen LogP contribution is -2.53. The first-order chi connectivity index (χ1) is 8.20. The van der Waals surface area contributed by atoms with E-state index in [4.69, 9.17) is 5.73 Å². The van der Waals surface area contributed by atoms with Gasteiger partial charge in [-0.2, -0.15) is 0 Å². The van der Waals surface area contributed by atoms with E-state index in [-0.39, 0.29) is 0 Å². The fourth-order valence-electron chi connectivity index (χ4n) is 2.57. The lowest BCUT2D eigenvalue weighted by molar-refractivity contribution is 0.0643. The van der Waals surface area contributed by atoms with Gasteiger partial charge in [-0.15, -0.1) is 0 Å². The first-order valence-electron chi connectivity index (χ1n) is 6.76. The smallest absolute Gasteiger partial charge is 0.0239 e. The third-order valence-electron chi connectivity index (χ3n) is 3.98. The minimum atomic E-state index is 0.433. The fourth-order valence-corrected chi connectivity index (χ4v) is 2.57. The molecule has 1 aliphatic rings. The molecule has 0 aromatic heterocycles. The molecule has 0 aliphatic heterocycles. The molecule has 1 aliphatic carbocycles. The molecule has 0 spiro atoms. The second-order valence-corrected chi connectivity index (χ2v) is 5.30. The first kappa shape index (κ1) is 12.6. The summed E-state index contributed by atoms with van der Waals surface area (Å²) in [6.07, 6.45) is 3.53. The van der Waals surface area contributed by atoms with E-state index >= 15 is 0 Å². The van der Waals surface area contributed by atoms with Crippen LogP contribution in [0.4, 0.5) is 0 Å². The van der Waals surface area contributed by atoms with Gasteiger partial charge < -0.3 is 5.73 Å². The average molecular weight is 232 g/mol. The maximum absolute atomic E-state index is 5.91. The number of benzene rings is 1. The molecule has 0 saturated heterocycles. The standard InChI is InChI=1S/C15H24N2/c1-3-12(2)17(15-9-14(16)10-15)11-13-7-5-4-6-8-13/h4-8,12,14-15H,3,9-11,16H2,1-2H3. The monoisotopic (exact) mass is 232 g/mol. The van der Waals surface area contributed by atoms with Crippen LogP contribution in [-0.2, 0) is 6.54 Å². The number of rotatable bonds is 5. The molecular weight excluding hydrogens is 208 g/mol. The Morgan fingerprint density at radius 2 is 1.94 bits per heavy atom. The molecule has 1 saturated carbocycles. The molecule has 2 rings (SSSR count). The van der Waals surface area contributed by atoms with Crippen LogP contribution in [0.25, 0.3) is 0 Å². The van der Waals surface area contributed by atoms with Gasteiger partial charge >= 0.3 is 0 Å². The zero-order valence-electron chi connectivity index (χ0n) is 11.0. The lowest BCUT2D eigenvalue weighted by Gasteiger charge is -2.44. The van der Waals surface area contributed by atoms with Crippen LogP contribution in [0.3, 0.4) is 0 Å². The van der Waals surface area contributed by atoms with Crippen molar-refractivity contribution in [2.45, 2.75) is 57.8 Å². The van der Waals surface area contributed by atoms with Crippen LogP contribution < -0.4 is 5.73 Å². The van der Waals surface area contributed by atoms with E-state index in [1.807, 2.05) is 0 Å². The van der Waals surface area contributed by atoms with Crippen molar-refractivity contribution in [1.82, 2.24) is 4.90 Å². The highest BCUT2D eigenvalue weighted by Crippen LogP contribution is 2.28. The topological polar surface area (TPSA) is 29.3 Å². The Balaban J connectivity index is 2.01. The van der Waals surface area contributed by atoms with Crippen LogP contribution in [0, 0.1) is 0 Å². The third kappa shape index (κ3) is 3.08. The largest absolute Gasteiger partial charge is 0.328 e. The Kier molecular flexibility index (Phi) is 4.19. The van der Waals surface area contributed by atoms with E-state index in [1.165, 1.54) is 12.0 Å². The Morgan fingerprint density at radius 3 is 2.47 bits per heavy atom. The number of nitrogens with zero attached hydrogens (tertiary/aromatic N) is 1. The Hall–Kier alpha value is -0.860. The minimum Gasteiger partial charge on any atom is -0.328 e. The van der Waals surface area contributed by atoms with E-state index in [0.717, 1.165) is 19.4 Å². The predicted octanol–water partition coefficient (Wildman–Crippen LogP) is 2.78. The summed E-state index contributed by atoms with van der Waals surface area (Å²) < 4.78 is 0. The molecule has 17 heavy (non-hydrogen) atoms. The van der Waals surface area contributed by atoms with Crippen LogP contribution >= 0.6 is 0 Å². The molecule has 1 aromatic rings. The third-order valence-corrected chi connectivity index (χ3v) is 3.98. The molecule has 94 valence electrons. The van der Waals surface area contributed by atoms with Crippen molar-refractivity contribution in [1.29, 1.82) is 0 Å². The predicted molar refractivity (Wildman–Crippen MR) is 72.7 cm³/mol. The number of hydrogen-bond donors (Lipinski definition) is 1. The van der Waals surface area contributed by atoms with E-state index < -0.39 is 0 Å². The van der Waals surface area contributed by atoms with E-state index in [1.54, 1.807) is 0 Å². The van der Waals surface area contributed by atoms with Crippen molar-refractivity contribution in [3.05, 3.63) is 35.9 Å². The quantitative estimate of drug-likeness (QED) is 0.846. The van der Waals surface area contributed by atoms with Crippen molar-refractivity contribution in [3.8, 4) is 0 Å². The summed E-state index contributed by atoms with van der Waals surface area (Å²) >= 11 is 0. The van der Waals surface area contributed by atoms with Gasteiger partial charge in [-0.1, -0.05) is 37.3 Å². The summed E-state index contributed by atoms with van der Waals surface area (Å²) in [5.74, 6) is 0. The number of hydrogen-bond acceptors (Lipinski definition) is 2. The Bertz CT molecular complexity index is 330. The number of nitrogens with two attached hydrogens (primary N) is 1. The molecule has 0 radical (unpaired) electrons. The van der Waals surface area contributed by atoms with Gasteiger partial charge in [0.1, 0.15) is 0 Å². The average Bonchev–Trinajstić information content (AvgIpc) is 2.33. The van der Waals surface area contributed by atoms with Gasteiger partial charge in [0.2, 0.25) is 0 Å². The molecule has 1 fully saturated rings. The molecule has 0 heterocycles. The lowest BCUT2D eigenvalue weighted by atomic mass is 9.85. The zero-order valence-corrected chi connectivity index (χ0v) is 11.0. The summed E-state index contributed by atoms with van der Waals surface area (Å²) in [5, 5.41) is 0. The zero-order chi connectivity index (χ0) is 12.3. The Morgan fingerprint density at radius 1 is 1.29 bits per heavy atom. The molecule has 1 aromatic carbocycles. The molecule has 2 N–H and O–H groups in total. The van der Waals surface area contributed by atoms with Crippen LogP contribution in [0.15, 0.2) is 30.3 Å². The van der Waals surface area contributed by atoms with Crippen molar-refractivity contribution in [2.75, 3.05) is 0 Å². The van der Waals surface area contributed by atoms with Crippen molar-refractivity contribution >= 4 is 0 Å². The summed E-state index contributed by atoms with van der Waals surface area (Å²) in [6.45, 7) is 5.65. The normalized spacial score (nSPS) is 25.6. The van der Waals surface area contributed by atoms with Crippen molar-refractivity contribution in [2.24, 2.45) is 5.73 Å². The molecule has 0 amide bonds. The molecule has 1 atom stereocenters. The molecule has 2 heteroatoms. The summed E-state index contributed by atoms with van der Waals surface area (Å²) in [7, 11) is 0. The van der Waals surface area contributed by atoms with Crippen molar-refractivity contribution < 1.29 is 0 Å². The highest BCUT2D eigenvalue weighted by atomic mass is 15.2. The van der Waals surface area contributed by atoms with Gasteiger partial charge in [-0.25, -0.2) is 0 Å². The Labute approximate surface area is 105 Å². The van der Waals surface area contributed by atoms with Crippen LogP contribution in [-0.4, -0.2) is 23.0 Å². The van der Waals surface area contributed by atoms with Gasteiger partial charge in [0.05, 0.1) is 0 Å². The fraction of sp³-hybridized carbons (Fsp3) is 0.600. The summed E-state index contributed by atoms with van der Waals surface area (Å²) in [4.78, 5) is 2.62. The van der Waals surface area contributed by atoms with E-state index in [9.17, 15) is 0 Å². The maximum atomic E-state index is 5.91. The maximum Gasteiger partial charge on any atom is 0.0239 e. The van der Waals surface area contributed by atoms with Gasteiger partial charge in [0, 0.05) is 24.7 Å². The van der Waals surface area contributed by atoms with Crippen molar-refractivity contribution in [3.63, 3.8) is 0 Å². The second-order valence-electron chi connectivity index (χ2n) is 5.30. The minimum absolute atomic E-state index is 0.433. The van der Waals surface area contributed by atoms with E-state index in [0.29, 0.717) is 18.1 Å². The van der Waals surface area contributed by atoms with Gasteiger partial charge in [-0.05, 0) is 31.7 Å².